The van der Waals surface area contributed by atoms with Crippen LogP contribution in [0.5, 0.6) is 0 Å². The summed E-state index contributed by atoms with van der Waals surface area (Å²) >= 11 is 0. The van der Waals surface area contributed by atoms with Crippen LogP contribution in [0.4, 0.5) is 4.39 Å². The zero-order valence-electron chi connectivity index (χ0n) is 13.0. The molecule has 124 valence electrons. The van der Waals surface area contributed by atoms with E-state index in [1.54, 1.807) is 0 Å². The van der Waals surface area contributed by atoms with Crippen molar-refractivity contribution in [1.82, 2.24) is 5.32 Å². The monoisotopic (exact) mass is 327 g/mol. The number of carboxylic acids is 1. The van der Waals surface area contributed by atoms with E-state index >= 15 is 0 Å². The van der Waals surface area contributed by atoms with Gasteiger partial charge in [0.15, 0.2) is 0 Å². The third kappa shape index (κ3) is 3.62. The molecule has 3 rings (SSSR count). The molecule has 0 aromatic heterocycles. The number of amides is 1. The summed E-state index contributed by atoms with van der Waals surface area (Å²) in [7, 11) is 0. The molecule has 1 aliphatic carbocycles. The summed E-state index contributed by atoms with van der Waals surface area (Å²) in [6, 6.07) is 13.6. The van der Waals surface area contributed by atoms with Crippen molar-refractivity contribution in [1.29, 1.82) is 0 Å². The quantitative estimate of drug-likeness (QED) is 0.855. The summed E-state index contributed by atoms with van der Waals surface area (Å²) in [5, 5.41) is 12.1. The van der Waals surface area contributed by atoms with E-state index in [-0.39, 0.29) is 23.9 Å². The molecular weight excluding hydrogens is 309 g/mol. The van der Waals surface area contributed by atoms with Gasteiger partial charge in [-0.25, -0.2) is 9.18 Å². The standard InChI is InChI=1S/C19H18FNO3/c20-15-8-4-7-14(17(15)19(23)24)11-16(22)21-18(13-9-10-13)12-5-2-1-3-6-12/h1-8,13,18H,9-11H2,(H,21,22)(H,23,24)/t18-/m1/s1. The first kappa shape index (κ1) is 16.2. The minimum absolute atomic E-state index is 0.0828. The number of benzene rings is 2. The second-order valence-corrected chi connectivity index (χ2v) is 6.05. The number of carbonyl (C=O) groups is 2. The first-order valence-corrected chi connectivity index (χ1v) is 7.91. The van der Waals surface area contributed by atoms with Gasteiger partial charge in [-0.2, -0.15) is 0 Å². The third-order valence-electron chi connectivity index (χ3n) is 4.23. The predicted molar refractivity (Wildman–Crippen MR) is 87.1 cm³/mol. The lowest BCUT2D eigenvalue weighted by molar-refractivity contribution is -0.121. The molecule has 1 amide bonds. The maximum atomic E-state index is 13.7. The van der Waals surface area contributed by atoms with Gasteiger partial charge in [0.25, 0.3) is 0 Å². The summed E-state index contributed by atoms with van der Waals surface area (Å²) < 4.78 is 13.7. The van der Waals surface area contributed by atoms with Crippen molar-refractivity contribution < 1.29 is 19.1 Å². The van der Waals surface area contributed by atoms with Gasteiger partial charge in [-0.15, -0.1) is 0 Å². The summed E-state index contributed by atoms with van der Waals surface area (Å²) in [4.78, 5) is 23.6. The Morgan fingerprint density at radius 1 is 1.12 bits per heavy atom. The molecule has 2 N–H and O–H groups in total. The number of aromatic carboxylic acids is 1. The average Bonchev–Trinajstić information content (AvgIpc) is 3.38. The summed E-state index contributed by atoms with van der Waals surface area (Å²) in [5.41, 5.74) is 0.781. The minimum atomic E-state index is -1.36. The molecule has 0 unspecified atom stereocenters. The highest BCUT2D eigenvalue weighted by molar-refractivity contribution is 5.92. The molecule has 0 saturated heterocycles. The first-order chi connectivity index (χ1) is 11.6. The lowest BCUT2D eigenvalue weighted by atomic mass is 10.0. The van der Waals surface area contributed by atoms with Gasteiger partial charge in [0.2, 0.25) is 5.91 Å². The van der Waals surface area contributed by atoms with E-state index in [9.17, 15) is 14.0 Å². The molecule has 1 saturated carbocycles. The Morgan fingerprint density at radius 3 is 2.46 bits per heavy atom. The molecule has 0 aliphatic heterocycles. The van der Waals surface area contributed by atoms with E-state index in [0.29, 0.717) is 5.92 Å². The first-order valence-electron chi connectivity index (χ1n) is 7.91. The molecule has 0 heterocycles. The van der Waals surface area contributed by atoms with Crippen LogP contribution < -0.4 is 5.32 Å². The van der Waals surface area contributed by atoms with Crippen LogP contribution in [-0.2, 0) is 11.2 Å². The highest BCUT2D eigenvalue weighted by atomic mass is 19.1. The Labute approximate surface area is 139 Å². The van der Waals surface area contributed by atoms with E-state index in [4.69, 9.17) is 5.11 Å². The molecule has 1 atom stereocenters. The van der Waals surface area contributed by atoms with Gasteiger partial charge < -0.3 is 10.4 Å². The van der Waals surface area contributed by atoms with Crippen LogP contribution in [0.2, 0.25) is 0 Å². The van der Waals surface area contributed by atoms with Crippen LogP contribution in [0.15, 0.2) is 48.5 Å². The van der Waals surface area contributed by atoms with Crippen LogP contribution in [0.1, 0.15) is 40.4 Å². The van der Waals surface area contributed by atoms with Crippen molar-refractivity contribution in [3.63, 3.8) is 0 Å². The van der Waals surface area contributed by atoms with Crippen LogP contribution in [0, 0.1) is 11.7 Å². The number of hydrogen-bond donors (Lipinski definition) is 2. The Morgan fingerprint density at radius 2 is 1.83 bits per heavy atom. The normalized spacial score (nSPS) is 14.9. The molecule has 0 bridgehead atoms. The number of carbonyl (C=O) groups excluding carboxylic acids is 1. The number of hydrogen-bond acceptors (Lipinski definition) is 2. The average molecular weight is 327 g/mol. The lowest BCUT2D eigenvalue weighted by Crippen LogP contribution is -2.31. The number of carboxylic acid groups (broad SMARTS) is 1. The van der Waals surface area contributed by atoms with E-state index in [0.717, 1.165) is 24.5 Å². The van der Waals surface area contributed by atoms with Gasteiger partial charge in [-0.3, -0.25) is 4.79 Å². The Balaban J connectivity index is 1.76. The fourth-order valence-electron chi connectivity index (χ4n) is 2.92. The highest BCUT2D eigenvalue weighted by Gasteiger charge is 2.33. The zero-order valence-corrected chi connectivity index (χ0v) is 13.0. The van der Waals surface area contributed by atoms with E-state index in [1.165, 1.54) is 12.1 Å². The van der Waals surface area contributed by atoms with Gasteiger partial charge in [0.1, 0.15) is 5.82 Å². The van der Waals surface area contributed by atoms with Crippen molar-refractivity contribution in [2.75, 3.05) is 0 Å². The Kier molecular flexibility index (Phi) is 4.60. The summed E-state index contributed by atoms with van der Waals surface area (Å²) in [5.74, 6) is -2.08. The molecule has 5 heteroatoms. The van der Waals surface area contributed by atoms with E-state index in [2.05, 4.69) is 5.32 Å². The molecule has 0 spiro atoms. The molecule has 1 aliphatic rings. The van der Waals surface area contributed by atoms with Gasteiger partial charge in [0.05, 0.1) is 18.0 Å². The van der Waals surface area contributed by atoms with Crippen molar-refractivity contribution in [2.24, 2.45) is 5.92 Å². The molecule has 4 nitrogen and oxygen atoms in total. The second kappa shape index (κ2) is 6.83. The van der Waals surface area contributed by atoms with Crippen molar-refractivity contribution in [3.8, 4) is 0 Å². The molecule has 2 aromatic carbocycles. The maximum Gasteiger partial charge on any atom is 0.338 e. The smallest absolute Gasteiger partial charge is 0.338 e. The van der Waals surface area contributed by atoms with Crippen LogP contribution in [0.3, 0.4) is 0 Å². The second-order valence-electron chi connectivity index (χ2n) is 6.05. The molecule has 1 fully saturated rings. The van der Waals surface area contributed by atoms with Crippen LogP contribution >= 0.6 is 0 Å². The SMILES string of the molecule is O=C(Cc1cccc(F)c1C(=O)O)N[C@H](c1ccccc1)C1CC1. The van der Waals surface area contributed by atoms with Crippen molar-refractivity contribution in [3.05, 3.63) is 71.0 Å². The summed E-state index contributed by atoms with van der Waals surface area (Å²) in [6.45, 7) is 0. The van der Waals surface area contributed by atoms with Gasteiger partial charge in [-0.05, 0) is 36.0 Å². The van der Waals surface area contributed by atoms with Gasteiger partial charge in [0, 0.05) is 0 Å². The van der Waals surface area contributed by atoms with E-state index in [1.807, 2.05) is 30.3 Å². The lowest BCUT2D eigenvalue weighted by Gasteiger charge is -2.19. The number of rotatable bonds is 6. The van der Waals surface area contributed by atoms with E-state index < -0.39 is 17.3 Å². The molecule has 2 aromatic rings. The topological polar surface area (TPSA) is 66.4 Å². The largest absolute Gasteiger partial charge is 0.478 e. The number of nitrogens with one attached hydrogen (secondary N) is 1. The van der Waals surface area contributed by atoms with Gasteiger partial charge in [-0.1, -0.05) is 42.5 Å². The van der Waals surface area contributed by atoms with Gasteiger partial charge >= 0.3 is 5.97 Å². The highest BCUT2D eigenvalue weighted by Crippen LogP contribution is 2.40. The van der Waals surface area contributed by atoms with Crippen LogP contribution in [0.25, 0.3) is 0 Å². The third-order valence-corrected chi connectivity index (χ3v) is 4.23. The molecular formula is C19H18FNO3. The fraction of sp³-hybridized carbons (Fsp3) is 0.263. The van der Waals surface area contributed by atoms with Crippen molar-refractivity contribution >= 4 is 11.9 Å². The maximum absolute atomic E-state index is 13.7. The molecule has 24 heavy (non-hydrogen) atoms. The summed E-state index contributed by atoms with van der Waals surface area (Å²) in [6.07, 6.45) is 1.95. The Hall–Kier alpha value is -2.69. The Bertz CT molecular complexity index is 756. The fourth-order valence-corrected chi connectivity index (χ4v) is 2.92. The van der Waals surface area contributed by atoms with Crippen LogP contribution in [-0.4, -0.2) is 17.0 Å². The number of halogens is 1. The minimum Gasteiger partial charge on any atom is -0.478 e. The van der Waals surface area contributed by atoms with Crippen molar-refractivity contribution in [2.45, 2.75) is 25.3 Å². The predicted octanol–water partition coefficient (Wildman–Crippen LogP) is 3.33. The zero-order chi connectivity index (χ0) is 17.1. The molecule has 0 radical (unpaired) electrons.